The van der Waals surface area contributed by atoms with Crippen molar-refractivity contribution in [2.45, 2.75) is 26.8 Å². The Bertz CT molecular complexity index is 822. The predicted molar refractivity (Wildman–Crippen MR) is 110 cm³/mol. The van der Waals surface area contributed by atoms with Crippen LogP contribution >= 0.6 is 11.6 Å². The normalized spacial score (nSPS) is 15.0. The molecule has 1 N–H and O–H groups in total. The van der Waals surface area contributed by atoms with Crippen LogP contribution < -0.4 is 15.0 Å². The van der Waals surface area contributed by atoms with Gasteiger partial charge in [0.05, 0.1) is 11.6 Å². The van der Waals surface area contributed by atoms with Crippen molar-refractivity contribution >= 4 is 23.3 Å². The Hall–Kier alpha value is -2.38. The Balaban J connectivity index is 1.59. The second-order valence-corrected chi connectivity index (χ2v) is 7.64. The largest absolute Gasteiger partial charge is 0.437 e. The average molecular weight is 404 g/mol. The number of aryl methyl sites for hydroxylation is 1. The number of hydrogen-bond donors (Lipinski definition) is 1. The fourth-order valence-corrected chi connectivity index (χ4v) is 3.22. The zero-order valence-electron chi connectivity index (χ0n) is 16.5. The molecular formula is C20H26ClN5O2. The summed E-state index contributed by atoms with van der Waals surface area (Å²) in [5, 5.41) is 3.47. The smallest absolute Gasteiger partial charge is 0.234 e. The molecule has 1 aromatic carbocycles. The van der Waals surface area contributed by atoms with Crippen molar-refractivity contribution in [1.29, 1.82) is 0 Å². The van der Waals surface area contributed by atoms with E-state index in [9.17, 15) is 4.79 Å². The topological polar surface area (TPSA) is 70.6 Å². The summed E-state index contributed by atoms with van der Waals surface area (Å²) < 4.78 is 5.86. The lowest BCUT2D eigenvalue weighted by atomic mass is 10.2. The van der Waals surface area contributed by atoms with Gasteiger partial charge in [0, 0.05) is 38.3 Å². The third-order valence-electron chi connectivity index (χ3n) is 4.44. The average Bonchev–Trinajstić information content (AvgIpc) is 2.65. The quantitative estimate of drug-likeness (QED) is 0.799. The highest BCUT2D eigenvalue weighted by Crippen LogP contribution is 2.30. The zero-order chi connectivity index (χ0) is 20.1. The van der Waals surface area contributed by atoms with Crippen LogP contribution in [-0.2, 0) is 4.79 Å². The lowest BCUT2D eigenvalue weighted by Crippen LogP contribution is -2.50. The van der Waals surface area contributed by atoms with Crippen molar-refractivity contribution in [1.82, 2.24) is 20.2 Å². The number of amides is 1. The Morgan fingerprint density at radius 2 is 1.96 bits per heavy atom. The molecule has 8 heteroatoms. The summed E-state index contributed by atoms with van der Waals surface area (Å²) in [6, 6.07) is 7.60. The third kappa shape index (κ3) is 5.56. The monoisotopic (exact) mass is 403 g/mol. The molecule has 1 amide bonds. The van der Waals surface area contributed by atoms with Crippen LogP contribution in [0.15, 0.2) is 30.6 Å². The molecule has 28 heavy (non-hydrogen) atoms. The van der Waals surface area contributed by atoms with E-state index in [-0.39, 0.29) is 11.9 Å². The summed E-state index contributed by atoms with van der Waals surface area (Å²) in [7, 11) is 0. The lowest BCUT2D eigenvalue weighted by molar-refractivity contribution is -0.122. The number of carbonyl (C=O) groups excluding carboxylic acids is 1. The van der Waals surface area contributed by atoms with Gasteiger partial charge in [-0.15, -0.1) is 0 Å². The van der Waals surface area contributed by atoms with Gasteiger partial charge in [0.2, 0.25) is 11.8 Å². The highest BCUT2D eigenvalue weighted by Gasteiger charge is 2.20. The van der Waals surface area contributed by atoms with Crippen LogP contribution in [0, 0.1) is 6.92 Å². The van der Waals surface area contributed by atoms with Crippen molar-refractivity contribution in [2.24, 2.45) is 0 Å². The molecule has 0 atom stereocenters. The highest BCUT2D eigenvalue weighted by molar-refractivity contribution is 6.32. The van der Waals surface area contributed by atoms with Gasteiger partial charge in [-0.3, -0.25) is 9.69 Å². The molecule has 3 rings (SSSR count). The van der Waals surface area contributed by atoms with E-state index >= 15 is 0 Å². The molecule has 0 bridgehead atoms. The van der Waals surface area contributed by atoms with Gasteiger partial charge in [-0.25, -0.2) is 9.97 Å². The molecule has 1 aliphatic heterocycles. The molecule has 1 fully saturated rings. The van der Waals surface area contributed by atoms with Crippen LogP contribution in [-0.4, -0.2) is 59.5 Å². The maximum atomic E-state index is 11.9. The molecule has 0 saturated carbocycles. The van der Waals surface area contributed by atoms with Crippen LogP contribution in [0.25, 0.3) is 0 Å². The Kier molecular flexibility index (Phi) is 6.70. The number of carbonyl (C=O) groups is 1. The molecule has 0 aliphatic carbocycles. The first-order chi connectivity index (χ1) is 13.4. The molecule has 1 saturated heterocycles. The van der Waals surface area contributed by atoms with E-state index in [1.54, 1.807) is 0 Å². The molecule has 7 nitrogen and oxygen atoms in total. The van der Waals surface area contributed by atoms with E-state index in [4.69, 9.17) is 16.3 Å². The minimum atomic E-state index is 0.0659. The molecule has 0 unspecified atom stereocenters. The fourth-order valence-electron chi connectivity index (χ4n) is 3.07. The van der Waals surface area contributed by atoms with Crippen molar-refractivity contribution < 1.29 is 9.53 Å². The molecule has 0 radical (unpaired) electrons. The van der Waals surface area contributed by atoms with Crippen molar-refractivity contribution in [3.05, 3.63) is 41.2 Å². The molecule has 1 aromatic heterocycles. The number of aromatic nitrogens is 2. The number of nitrogens with one attached hydrogen (secondary N) is 1. The fraction of sp³-hybridized carbons (Fsp3) is 0.450. The molecule has 2 aromatic rings. The number of piperazine rings is 1. The van der Waals surface area contributed by atoms with Gasteiger partial charge in [0.15, 0.2) is 0 Å². The second-order valence-electron chi connectivity index (χ2n) is 7.24. The first kappa shape index (κ1) is 20.4. The third-order valence-corrected chi connectivity index (χ3v) is 4.75. The van der Waals surface area contributed by atoms with Gasteiger partial charge in [0.1, 0.15) is 17.9 Å². The molecule has 2 heterocycles. The SMILES string of the molecule is Cc1ccc(Cl)c(Oc2cc(N3CCN(CC(=O)NC(C)C)CC3)ncn2)c1. The van der Waals surface area contributed by atoms with Gasteiger partial charge in [-0.2, -0.15) is 0 Å². The minimum absolute atomic E-state index is 0.0659. The summed E-state index contributed by atoms with van der Waals surface area (Å²) in [6.07, 6.45) is 1.50. The summed E-state index contributed by atoms with van der Waals surface area (Å²) in [5.41, 5.74) is 1.06. The highest BCUT2D eigenvalue weighted by atomic mass is 35.5. The Morgan fingerprint density at radius 1 is 1.21 bits per heavy atom. The molecule has 1 aliphatic rings. The summed E-state index contributed by atoms with van der Waals surface area (Å²) >= 11 is 6.21. The van der Waals surface area contributed by atoms with Crippen LogP contribution in [0.2, 0.25) is 5.02 Å². The van der Waals surface area contributed by atoms with E-state index in [0.717, 1.165) is 37.6 Å². The van der Waals surface area contributed by atoms with E-state index in [1.165, 1.54) is 6.33 Å². The molecule has 150 valence electrons. The molecular weight excluding hydrogens is 378 g/mol. The van der Waals surface area contributed by atoms with Gasteiger partial charge in [-0.1, -0.05) is 17.7 Å². The van der Waals surface area contributed by atoms with Crippen molar-refractivity contribution in [3.8, 4) is 11.6 Å². The van der Waals surface area contributed by atoms with Crippen molar-refractivity contribution in [2.75, 3.05) is 37.6 Å². The number of rotatable bonds is 6. The number of ether oxygens (including phenoxy) is 1. The number of anilines is 1. The second kappa shape index (κ2) is 9.21. The van der Waals surface area contributed by atoms with Gasteiger partial charge in [0.25, 0.3) is 0 Å². The first-order valence-corrected chi connectivity index (χ1v) is 9.81. The van der Waals surface area contributed by atoms with E-state index in [0.29, 0.717) is 23.2 Å². The van der Waals surface area contributed by atoms with E-state index < -0.39 is 0 Å². The number of benzene rings is 1. The number of halogens is 1. The standard InChI is InChI=1S/C20H26ClN5O2/c1-14(2)24-19(27)12-25-6-8-26(9-7-25)18-11-20(23-13-22-18)28-17-10-15(3)4-5-16(17)21/h4-5,10-11,13-14H,6-9,12H2,1-3H3,(H,24,27). The lowest BCUT2D eigenvalue weighted by Gasteiger charge is -2.35. The van der Waals surface area contributed by atoms with E-state index in [2.05, 4.69) is 25.1 Å². The van der Waals surface area contributed by atoms with Gasteiger partial charge < -0.3 is 15.0 Å². The van der Waals surface area contributed by atoms with Gasteiger partial charge in [-0.05, 0) is 38.5 Å². The molecule has 0 spiro atoms. The predicted octanol–water partition coefficient (Wildman–Crippen LogP) is 2.88. The zero-order valence-corrected chi connectivity index (χ0v) is 17.2. The Morgan fingerprint density at radius 3 is 2.68 bits per heavy atom. The summed E-state index contributed by atoms with van der Waals surface area (Å²) in [5.74, 6) is 1.90. The summed E-state index contributed by atoms with van der Waals surface area (Å²) in [6.45, 7) is 9.52. The van der Waals surface area contributed by atoms with Crippen LogP contribution in [0.5, 0.6) is 11.6 Å². The number of hydrogen-bond acceptors (Lipinski definition) is 6. The summed E-state index contributed by atoms with van der Waals surface area (Å²) in [4.78, 5) is 24.8. The van der Waals surface area contributed by atoms with Crippen LogP contribution in [0.3, 0.4) is 0 Å². The minimum Gasteiger partial charge on any atom is -0.437 e. The van der Waals surface area contributed by atoms with Crippen LogP contribution in [0.4, 0.5) is 5.82 Å². The van der Waals surface area contributed by atoms with Crippen LogP contribution in [0.1, 0.15) is 19.4 Å². The Labute approximate surface area is 170 Å². The van der Waals surface area contributed by atoms with Gasteiger partial charge >= 0.3 is 0 Å². The van der Waals surface area contributed by atoms with E-state index in [1.807, 2.05) is 45.0 Å². The number of nitrogens with zero attached hydrogens (tertiary/aromatic N) is 4. The van der Waals surface area contributed by atoms with Crippen molar-refractivity contribution in [3.63, 3.8) is 0 Å². The first-order valence-electron chi connectivity index (χ1n) is 9.43. The maximum Gasteiger partial charge on any atom is 0.234 e. The maximum absolute atomic E-state index is 11.9.